The third-order valence-corrected chi connectivity index (χ3v) is 3.49. The summed E-state index contributed by atoms with van der Waals surface area (Å²) in [5.74, 6) is -1.87. The van der Waals surface area contributed by atoms with Gasteiger partial charge in [0.15, 0.2) is 5.76 Å². The molecular weight excluding hydrogens is 358 g/mol. The van der Waals surface area contributed by atoms with Crippen LogP contribution in [0, 0.1) is 11.6 Å². The number of furan rings is 1. The zero-order chi connectivity index (χ0) is 19.2. The van der Waals surface area contributed by atoms with E-state index in [9.17, 15) is 18.4 Å². The second-order valence-corrected chi connectivity index (χ2v) is 5.40. The molecule has 3 rings (SSSR count). The van der Waals surface area contributed by atoms with Gasteiger partial charge in [0.05, 0.1) is 5.56 Å². The SMILES string of the molecule is O=C(NNC(=O)c1ccccc1F)c1ccc(COc2ccc(F)cc2)o1. The Morgan fingerprint density at radius 3 is 2.33 bits per heavy atom. The van der Waals surface area contributed by atoms with Crippen molar-refractivity contribution in [2.24, 2.45) is 0 Å². The zero-order valence-corrected chi connectivity index (χ0v) is 13.9. The molecule has 0 aliphatic rings. The van der Waals surface area contributed by atoms with Gasteiger partial charge in [0, 0.05) is 0 Å². The maximum absolute atomic E-state index is 13.5. The highest BCUT2D eigenvalue weighted by atomic mass is 19.1. The van der Waals surface area contributed by atoms with E-state index in [1.165, 1.54) is 54.6 Å². The van der Waals surface area contributed by atoms with Crippen LogP contribution >= 0.6 is 0 Å². The van der Waals surface area contributed by atoms with Gasteiger partial charge in [-0.05, 0) is 48.5 Å². The van der Waals surface area contributed by atoms with Gasteiger partial charge in [-0.1, -0.05) is 12.1 Å². The molecule has 0 atom stereocenters. The summed E-state index contributed by atoms with van der Waals surface area (Å²) < 4.78 is 37.1. The van der Waals surface area contributed by atoms with Crippen molar-refractivity contribution >= 4 is 11.8 Å². The Kier molecular flexibility index (Phi) is 5.46. The fraction of sp³-hybridized carbons (Fsp3) is 0.0526. The Balaban J connectivity index is 1.53. The highest BCUT2D eigenvalue weighted by molar-refractivity contribution is 5.98. The molecule has 138 valence electrons. The van der Waals surface area contributed by atoms with Crippen molar-refractivity contribution in [2.75, 3.05) is 0 Å². The lowest BCUT2D eigenvalue weighted by Crippen LogP contribution is -2.41. The van der Waals surface area contributed by atoms with Crippen LogP contribution in [-0.2, 0) is 6.61 Å². The lowest BCUT2D eigenvalue weighted by molar-refractivity contribution is 0.0826. The van der Waals surface area contributed by atoms with Crippen molar-refractivity contribution in [3.05, 3.63) is 89.4 Å². The van der Waals surface area contributed by atoms with Crippen LogP contribution in [0.1, 0.15) is 26.7 Å². The van der Waals surface area contributed by atoms with E-state index in [1.54, 1.807) is 0 Å². The first-order valence-electron chi connectivity index (χ1n) is 7.85. The van der Waals surface area contributed by atoms with E-state index in [0.717, 1.165) is 6.07 Å². The minimum absolute atomic E-state index is 0.0283. The topological polar surface area (TPSA) is 80.6 Å². The van der Waals surface area contributed by atoms with Crippen molar-refractivity contribution in [1.29, 1.82) is 0 Å². The summed E-state index contributed by atoms with van der Waals surface area (Å²) in [4.78, 5) is 23.8. The van der Waals surface area contributed by atoms with Crippen LogP contribution in [0.2, 0.25) is 0 Å². The predicted molar refractivity (Wildman–Crippen MR) is 90.8 cm³/mol. The van der Waals surface area contributed by atoms with E-state index in [4.69, 9.17) is 9.15 Å². The van der Waals surface area contributed by atoms with E-state index < -0.39 is 17.6 Å². The van der Waals surface area contributed by atoms with Crippen LogP contribution in [0.4, 0.5) is 8.78 Å². The molecule has 8 heteroatoms. The summed E-state index contributed by atoms with van der Waals surface area (Å²) in [6.45, 7) is 0.0283. The molecule has 2 N–H and O–H groups in total. The zero-order valence-electron chi connectivity index (χ0n) is 13.9. The van der Waals surface area contributed by atoms with Crippen molar-refractivity contribution in [3.63, 3.8) is 0 Å². The Hall–Kier alpha value is -3.68. The summed E-state index contributed by atoms with van der Waals surface area (Å²) in [7, 11) is 0. The van der Waals surface area contributed by atoms with E-state index in [0.29, 0.717) is 11.5 Å². The summed E-state index contributed by atoms with van der Waals surface area (Å²) in [6, 6.07) is 13.7. The maximum atomic E-state index is 13.5. The van der Waals surface area contributed by atoms with Gasteiger partial charge in [-0.15, -0.1) is 0 Å². The summed E-state index contributed by atoms with van der Waals surface area (Å²) >= 11 is 0. The third-order valence-electron chi connectivity index (χ3n) is 3.49. The van der Waals surface area contributed by atoms with Gasteiger partial charge in [0.25, 0.3) is 5.91 Å². The molecule has 2 amide bonds. The van der Waals surface area contributed by atoms with Crippen LogP contribution in [0.3, 0.4) is 0 Å². The molecule has 0 saturated carbocycles. The molecule has 0 radical (unpaired) electrons. The van der Waals surface area contributed by atoms with Crippen LogP contribution in [0.5, 0.6) is 5.75 Å². The van der Waals surface area contributed by atoms with E-state index >= 15 is 0 Å². The fourth-order valence-electron chi connectivity index (χ4n) is 2.15. The van der Waals surface area contributed by atoms with Crippen LogP contribution < -0.4 is 15.6 Å². The number of carbonyl (C=O) groups excluding carboxylic acids is 2. The van der Waals surface area contributed by atoms with Gasteiger partial charge >= 0.3 is 5.91 Å². The number of amides is 2. The largest absolute Gasteiger partial charge is 0.486 e. The molecule has 0 aliphatic carbocycles. The summed E-state index contributed by atoms with van der Waals surface area (Å²) in [5, 5.41) is 0. The van der Waals surface area contributed by atoms with E-state index in [2.05, 4.69) is 10.9 Å². The Labute approximate surface area is 152 Å². The average molecular weight is 372 g/mol. The number of ether oxygens (including phenoxy) is 1. The average Bonchev–Trinajstić information content (AvgIpc) is 3.15. The number of benzene rings is 2. The number of hydrogen-bond donors (Lipinski definition) is 2. The number of hydrogen-bond acceptors (Lipinski definition) is 4. The second-order valence-electron chi connectivity index (χ2n) is 5.40. The van der Waals surface area contributed by atoms with Gasteiger partial charge < -0.3 is 9.15 Å². The molecule has 0 saturated heterocycles. The summed E-state index contributed by atoms with van der Waals surface area (Å²) in [6.07, 6.45) is 0. The standard InChI is InChI=1S/C19H14F2N2O4/c20-12-5-7-13(8-6-12)26-11-14-9-10-17(27-14)19(25)23-22-18(24)15-3-1-2-4-16(15)21/h1-10H,11H2,(H,22,24)(H,23,25). The molecular formula is C19H14F2N2O4. The van der Waals surface area contributed by atoms with Gasteiger partial charge in [0.2, 0.25) is 0 Å². The molecule has 27 heavy (non-hydrogen) atoms. The first-order chi connectivity index (χ1) is 13.0. The highest BCUT2D eigenvalue weighted by Crippen LogP contribution is 2.15. The van der Waals surface area contributed by atoms with Gasteiger partial charge in [0.1, 0.15) is 29.8 Å². The molecule has 6 nitrogen and oxygen atoms in total. The number of nitrogens with one attached hydrogen (secondary N) is 2. The monoisotopic (exact) mass is 372 g/mol. The second kappa shape index (κ2) is 8.13. The van der Waals surface area contributed by atoms with Crippen molar-refractivity contribution in [2.45, 2.75) is 6.61 Å². The van der Waals surface area contributed by atoms with Gasteiger partial charge in [-0.3, -0.25) is 20.4 Å². The lowest BCUT2D eigenvalue weighted by Gasteiger charge is -2.06. The maximum Gasteiger partial charge on any atom is 0.305 e. The number of rotatable bonds is 5. The molecule has 0 unspecified atom stereocenters. The molecule has 1 heterocycles. The van der Waals surface area contributed by atoms with Crippen molar-refractivity contribution < 1.29 is 27.5 Å². The Morgan fingerprint density at radius 2 is 1.59 bits per heavy atom. The van der Waals surface area contributed by atoms with E-state index in [-0.39, 0.29) is 23.7 Å². The van der Waals surface area contributed by atoms with Crippen LogP contribution in [0.15, 0.2) is 65.1 Å². The third kappa shape index (κ3) is 4.69. The molecule has 0 bridgehead atoms. The molecule has 3 aromatic rings. The Morgan fingerprint density at radius 1 is 0.889 bits per heavy atom. The van der Waals surface area contributed by atoms with Crippen molar-refractivity contribution in [1.82, 2.24) is 10.9 Å². The first-order valence-corrected chi connectivity index (χ1v) is 7.85. The first kappa shape index (κ1) is 18.1. The Bertz CT molecular complexity index is 954. The number of halogens is 2. The van der Waals surface area contributed by atoms with Gasteiger partial charge in [-0.25, -0.2) is 8.78 Å². The lowest BCUT2D eigenvalue weighted by atomic mass is 10.2. The van der Waals surface area contributed by atoms with Gasteiger partial charge in [-0.2, -0.15) is 0 Å². The molecule has 0 spiro atoms. The minimum Gasteiger partial charge on any atom is -0.486 e. The van der Waals surface area contributed by atoms with Crippen molar-refractivity contribution in [3.8, 4) is 5.75 Å². The van der Waals surface area contributed by atoms with Crippen LogP contribution in [-0.4, -0.2) is 11.8 Å². The normalized spacial score (nSPS) is 10.3. The fourth-order valence-corrected chi connectivity index (χ4v) is 2.15. The number of hydrazine groups is 1. The predicted octanol–water partition coefficient (Wildman–Crippen LogP) is 3.21. The highest BCUT2D eigenvalue weighted by Gasteiger charge is 2.15. The summed E-state index contributed by atoms with van der Waals surface area (Å²) in [5.41, 5.74) is 4.04. The molecule has 0 aliphatic heterocycles. The van der Waals surface area contributed by atoms with E-state index in [1.807, 2.05) is 0 Å². The molecule has 1 aromatic heterocycles. The minimum atomic E-state index is -0.798. The quantitative estimate of drug-likeness (QED) is 0.674. The van der Waals surface area contributed by atoms with Crippen LogP contribution in [0.25, 0.3) is 0 Å². The molecule has 0 fully saturated rings. The smallest absolute Gasteiger partial charge is 0.305 e. The molecule has 2 aromatic carbocycles. The number of carbonyl (C=O) groups is 2.